The van der Waals surface area contributed by atoms with Gasteiger partial charge in [0, 0.05) is 29.7 Å². The summed E-state index contributed by atoms with van der Waals surface area (Å²) in [4.78, 5) is 14.1. The van der Waals surface area contributed by atoms with E-state index in [1.807, 2.05) is 0 Å². The molecule has 1 N–H and O–H groups in total. The fraction of sp³-hybridized carbons (Fsp3) is 0.278. The van der Waals surface area contributed by atoms with Gasteiger partial charge in [0.05, 0.1) is 10.7 Å². The third-order valence-corrected chi connectivity index (χ3v) is 5.69. The van der Waals surface area contributed by atoms with Gasteiger partial charge in [-0.15, -0.1) is 0 Å². The Morgan fingerprint density at radius 3 is 2.80 bits per heavy atom. The molecule has 0 aliphatic carbocycles. The van der Waals surface area contributed by atoms with Crippen LogP contribution in [-0.2, 0) is 0 Å². The second-order valence-corrected chi connectivity index (χ2v) is 7.43. The Kier molecular flexibility index (Phi) is 5.81. The SMILES string of the molecule is O=C(Nc1ccccc1Cl)N1CCSC(c2cc(F)ccc2F)CC1. The first kappa shape index (κ1) is 18.0. The maximum atomic E-state index is 14.0. The molecule has 2 aromatic rings. The van der Waals surface area contributed by atoms with Crippen molar-refractivity contribution in [1.82, 2.24) is 4.90 Å². The summed E-state index contributed by atoms with van der Waals surface area (Å²) in [6, 6.07) is 10.3. The lowest BCUT2D eigenvalue weighted by Gasteiger charge is -2.21. The summed E-state index contributed by atoms with van der Waals surface area (Å²) >= 11 is 7.60. The molecule has 1 aliphatic heterocycles. The van der Waals surface area contributed by atoms with Gasteiger partial charge in [-0.25, -0.2) is 13.6 Å². The first-order valence-corrected chi connectivity index (χ1v) is 9.34. The smallest absolute Gasteiger partial charge is 0.321 e. The highest BCUT2D eigenvalue weighted by Crippen LogP contribution is 2.36. The van der Waals surface area contributed by atoms with Crippen LogP contribution in [0.1, 0.15) is 17.2 Å². The number of thioether (sulfide) groups is 1. The molecule has 0 aromatic heterocycles. The van der Waals surface area contributed by atoms with E-state index in [1.165, 1.54) is 17.8 Å². The molecule has 3 rings (SSSR count). The molecule has 1 atom stereocenters. The molecule has 3 nitrogen and oxygen atoms in total. The van der Waals surface area contributed by atoms with Crippen LogP contribution >= 0.6 is 23.4 Å². The molecule has 1 fully saturated rings. The minimum Gasteiger partial charge on any atom is -0.324 e. The van der Waals surface area contributed by atoms with Crippen LogP contribution in [0.15, 0.2) is 42.5 Å². The molecule has 0 saturated carbocycles. The lowest BCUT2D eigenvalue weighted by molar-refractivity contribution is 0.215. The van der Waals surface area contributed by atoms with Gasteiger partial charge in [-0.2, -0.15) is 11.8 Å². The van der Waals surface area contributed by atoms with Crippen LogP contribution in [-0.4, -0.2) is 29.8 Å². The lowest BCUT2D eigenvalue weighted by atomic mass is 10.1. The molecular weight excluding hydrogens is 366 g/mol. The van der Waals surface area contributed by atoms with E-state index in [0.29, 0.717) is 41.5 Å². The highest BCUT2D eigenvalue weighted by atomic mass is 35.5. The Morgan fingerprint density at radius 2 is 2.00 bits per heavy atom. The first-order valence-electron chi connectivity index (χ1n) is 7.91. The molecule has 2 aromatic carbocycles. The van der Waals surface area contributed by atoms with Crippen molar-refractivity contribution in [2.24, 2.45) is 0 Å². The molecular formula is C18H17ClF2N2OS. The summed E-state index contributed by atoms with van der Waals surface area (Å²) in [6.45, 7) is 0.998. The van der Waals surface area contributed by atoms with Gasteiger partial charge in [-0.05, 0) is 36.8 Å². The zero-order valence-electron chi connectivity index (χ0n) is 13.3. The van der Waals surface area contributed by atoms with E-state index in [2.05, 4.69) is 5.32 Å². The molecule has 7 heteroatoms. The molecule has 0 radical (unpaired) electrons. The van der Waals surface area contributed by atoms with E-state index in [9.17, 15) is 13.6 Å². The highest BCUT2D eigenvalue weighted by Gasteiger charge is 2.24. The fourth-order valence-corrected chi connectivity index (χ4v) is 4.17. The first-order chi connectivity index (χ1) is 12.0. The standard InChI is InChI=1S/C18H17ClF2N2OS/c19-14-3-1-2-4-16(14)22-18(24)23-8-7-17(25-10-9-23)13-11-12(20)5-6-15(13)21/h1-6,11,17H,7-10H2,(H,22,24). The van der Waals surface area contributed by atoms with Crippen LogP contribution in [0.2, 0.25) is 5.02 Å². The predicted molar refractivity (Wildman–Crippen MR) is 98.2 cm³/mol. The number of carbonyl (C=O) groups is 1. The zero-order valence-corrected chi connectivity index (χ0v) is 14.9. The number of nitrogens with zero attached hydrogens (tertiary/aromatic N) is 1. The summed E-state index contributed by atoms with van der Waals surface area (Å²) in [7, 11) is 0. The second kappa shape index (κ2) is 8.06. The van der Waals surface area contributed by atoms with E-state index < -0.39 is 11.6 Å². The third kappa shape index (κ3) is 4.44. The van der Waals surface area contributed by atoms with Gasteiger partial charge >= 0.3 is 6.03 Å². The van der Waals surface area contributed by atoms with Crippen molar-refractivity contribution < 1.29 is 13.6 Å². The van der Waals surface area contributed by atoms with Crippen molar-refractivity contribution in [3.8, 4) is 0 Å². The van der Waals surface area contributed by atoms with E-state index >= 15 is 0 Å². The van der Waals surface area contributed by atoms with Crippen molar-refractivity contribution in [3.05, 3.63) is 64.7 Å². The quantitative estimate of drug-likeness (QED) is 0.761. The number of nitrogens with one attached hydrogen (secondary N) is 1. The van der Waals surface area contributed by atoms with Crippen molar-refractivity contribution >= 4 is 35.1 Å². The number of benzene rings is 2. The number of hydrogen-bond donors (Lipinski definition) is 1. The minimum absolute atomic E-state index is 0.172. The van der Waals surface area contributed by atoms with Crippen LogP contribution in [0.5, 0.6) is 0 Å². The Labute approximate surface area is 154 Å². The van der Waals surface area contributed by atoms with Gasteiger partial charge < -0.3 is 10.2 Å². The largest absolute Gasteiger partial charge is 0.324 e. The van der Waals surface area contributed by atoms with Gasteiger partial charge in [0.2, 0.25) is 0 Å². The number of rotatable bonds is 2. The number of urea groups is 1. The predicted octanol–water partition coefficient (Wildman–Crippen LogP) is 5.33. The molecule has 0 bridgehead atoms. The summed E-state index contributed by atoms with van der Waals surface area (Å²) in [5.41, 5.74) is 0.914. The van der Waals surface area contributed by atoms with E-state index in [4.69, 9.17) is 11.6 Å². The van der Waals surface area contributed by atoms with Gasteiger partial charge in [0.15, 0.2) is 0 Å². The lowest BCUT2D eigenvalue weighted by Crippen LogP contribution is -2.36. The Hall–Kier alpha value is -1.79. The van der Waals surface area contributed by atoms with E-state index in [-0.39, 0.29) is 11.3 Å². The number of para-hydroxylation sites is 1. The van der Waals surface area contributed by atoms with Gasteiger partial charge in [-0.1, -0.05) is 23.7 Å². The maximum absolute atomic E-state index is 14.0. The molecule has 25 heavy (non-hydrogen) atoms. The number of anilines is 1. The average Bonchev–Trinajstić information content (AvgIpc) is 2.85. The van der Waals surface area contributed by atoms with E-state index in [0.717, 1.165) is 12.1 Å². The van der Waals surface area contributed by atoms with Crippen molar-refractivity contribution in [2.45, 2.75) is 11.7 Å². The Bertz CT molecular complexity index is 774. The van der Waals surface area contributed by atoms with Gasteiger partial charge in [0.1, 0.15) is 11.6 Å². The minimum atomic E-state index is -0.449. The summed E-state index contributed by atoms with van der Waals surface area (Å²) < 4.78 is 27.4. The van der Waals surface area contributed by atoms with Gasteiger partial charge in [-0.3, -0.25) is 0 Å². The van der Waals surface area contributed by atoms with Crippen molar-refractivity contribution in [1.29, 1.82) is 0 Å². The number of amides is 2. The molecule has 2 amide bonds. The monoisotopic (exact) mass is 382 g/mol. The molecule has 1 aliphatic rings. The van der Waals surface area contributed by atoms with Crippen LogP contribution < -0.4 is 5.32 Å². The summed E-state index contributed by atoms with van der Waals surface area (Å²) in [6.07, 6.45) is 0.557. The number of halogens is 3. The van der Waals surface area contributed by atoms with Crippen LogP contribution in [0.25, 0.3) is 0 Å². The number of carbonyl (C=O) groups excluding carboxylic acids is 1. The zero-order chi connectivity index (χ0) is 17.8. The molecule has 1 heterocycles. The third-order valence-electron chi connectivity index (χ3n) is 4.05. The Balaban J connectivity index is 1.66. The molecule has 132 valence electrons. The average molecular weight is 383 g/mol. The fourth-order valence-electron chi connectivity index (χ4n) is 2.74. The van der Waals surface area contributed by atoms with E-state index in [1.54, 1.807) is 29.2 Å². The second-order valence-electron chi connectivity index (χ2n) is 5.71. The highest BCUT2D eigenvalue weighted by molar-refractivity contribution is 7.99. The normalized spacial score (nSPS) is 17.9. The van der Waals surface area contributed by atoms with Gasteiger partial charge in [0.25, 0.3) is 0 Å². The molecule has 0 spiro atoms. The summed E-state index contributed by atoms with van der Waals surface area (Å²) in [5, 5.41) is 3.09. The van der Waals surface area contributed by atoms with Crippen LogP contribution in [0.4, 0.5) is 19.3 Å². The topological polar surface area (TPSA) is 32.3 Å². The number of hydrogen-bond acceptors (Lipinski definition) is 2. The Morgan fingerprint density at radius 1 is 1.20 bits per heavy atom. The summed E-state index contributed by atoms with van der Waals surface area (Å²) in [5.74, 6) is -0.209. The van der Waals surface area contributed by atoms with Crippen molar-refractivity contribution in [3.63, 3.8) is 0 Å². The van der Waals surface area contributed by atoms with Crippen LogP contribution in [0.3, 0.4) is 0 Å². The molecule has 1 unspecified atom stereocenters. The van der Waals surface area contributed by atoms with Crippen molar-refractivity contribution in [2.75, 3.05) is 24.2 Å². The molecule has 1 saturated heterocycles. The van der Waals surface area contributed by atoms with Crippen LogP contribution in [0, 0.1) is 11.6 Å². The maximum Gasteiger partial charge on any atom is 0.321 e.